The number of aryl methyl sites for hydroxylation is 1. The molecule has 0 spiro atoms. The van der Waals surface area contributed by atoms with Gasteiger partial charge in [0.2, 0.25) is 5.91 Å². The maximum atomic E-state index is 13.0. The first-order chi connectivity index (χ1) is 12.6. The fourth-order valence-electron chi connectivity index (χ4n) is 3.72. The van der Waals surface area contributed by atoms with Gasteiger partial charge in [-0.25, -0.2) is 4.79 Å². The number of nitrogens with zero attached hydrogens (tertiary/aromatic N) is 2. The van der Waals surface area contributed by atoms with Crippen molar-refractivity contribution in [2.45, 2.75) is 72.0 Å². The maximum Gasteiger partial charge on any atom is 0.325 e. The van der Waals surface area contributed by atoms with Crippen LogP contribution >= 0.6 is 0 Å². The van der Waals surface area contributed by atoms with Crippen molar-refractivity contribution in [1.29, 1.82) is 0 Å². The Labute approximate surface area is 161 Å². The summed E-state index contributed by atoms with van der Waals surface area (Å²) in [6, 6.07) is 7.19. The fraction of sp³-hybridized carbons (Fsp3) is 0.571. The second kappa shape index (κ2) is 8.11. The van der Waals surface area contributed by atoms with Crippen LogP contribution in [0.1, 0.15) is 59.1 Å². The summed E-state index contributed by atoms with van der Waals surface area (Å²) in [4.78, 5) is 40.9. The summed E-state index contributed by atoms with van der Waals surface area (Å²) in [7, 11) is 0. The van der Waals surface area contributed by atoms with E-state index in [0.717, 1.165) is 23.3 Å². The summed E-state index contributed by atoms with van der Waals surface area (Å²) in [5.74, 6) is -0.623. The quantitative estimate of drug-likeness (QED) is 0.747. The molecule has 0 saturated carbocycles. The Bertz CT molecular complexity index is 704. The number of urea groups is 1. The summed E-state index contributed by atoms with van der Waals surface area (Å²) >= 11 is 0. The van der Waals surface area contributed by atoms with Gasteiger partial charge >= 0.3 is 6.03 Å². The molecule has 1 aromatic carbocycles. The normalized spacial score (nSPS) is 19.8. The summed E-state index contributed by atoms with van der Waals surface area (Å²) in [5, 5.41) is 2.77. The average molecular weight is 373 g/mol. The predicted molar refractivity (Wildman–Crippen MR) is 105 cm³/mol. The van der Waals surface area contributed by atoms with Crippen LogP contribution in [0.25, 0.3) is 0 Å². The summed E-state index contributed by atoms with van der Waals surface area (Å²) < 4.78 is 0. The number of benzene rings is 1. The van der Waals surface area contributed by atoms with Gasteiger partial charge in [0.1, 0.15) is 12.1 Å². The molecule has 6 heteroatoms. The molecule has 27 heavy (non-hydrogen) atoms. The Morgan fingerprint density at radius 3 is 2.15 bits per heavy atom. The fourth-order valence-corrected chi connectivity index (χ4v) is 3.72. The van der Waals surface area contributed by atoms with Crippen molar-refractivity contribution in [3.05, 3.63) is 35.4 Å². The van der Waals surface area contributed by atoms with Crippen LogP contribution in [-0.2, 0) is 21.5 Å². The lowest BCUT2D eigenvalue weighted by Gasteiger charge is -2.32. The van der Waals surface area contributed by atoms with Crippen LogP contribution in [0.15, 0.2) is 24.3 Å². The zero-order chi connectivity index (χ0) is 20.4. The molecule has 1 unspecified atom stereocenters. The van der Waals surface area contributed by atoms with Gasteiger partial charge in [-0.2, -0.15) is 0 Å². The number of nitrogens with one attached hydrogen (secondary N) is 1. The minimum absolute atomic E-state index is 0.00393. The highest BCUT2D eigenvalue weighted by Gasteiger charge is 2.49. The lowest BCUT2D eigenvalue weighted by molar-refractivity contribution is -0.141. The first-order valence-electron chi connectivity index (χ1n) is 9.66. The third kappa shape index (κ3) is 4.15. The molecule has 2 rings (SSSR count). The highest BCUT2D eigenvalue weighted by Crippen LogP contribution is 2.29. The number of rotatable bonds is 7. The van der Waals surface area contributed by atoms with Gasteiger partial charge in [-0.3, -0.25) is 14.5 Å². The monoisotopic (exact) mass is 373 g/mol. The van der Waals surface area contributed by atoms with Crippen molar-refractivity contribution >= 4 is 17.8 Å². The minimum Gasteiger partial charge on any atom is -0.336 e. The van der Waals surface area contributed by atoms with Crippen molar-refractivity contribution in [2.24, 2.45) is 0 Å². The van der Waals surface area contributed by atoms with Crippen molar-refractivity contribution < 1.29 is 14.4 Å². The van der Waals surface area contributed by atoms with E-state index >= 15 is 0 Å². The van der Waals surface area contributed by atoms with Gasteiger partial charge in [-0.1, -0.05) is 37.6 Å². The van der Waals surface area contributed by atoms with E-state index in [1.165, 1.54) is 5.56 Å². The molecule has 1 fully saturated rings. The van der Waals surface area contributed by atoms with Gasteiger partial charge < -0.3 is 10.2 Å². The van der Waals surface area contributed by atoms with Crippen LogP contribution in [0.5, 0.6) is 0 Å². The molecule has 6 nitrogen and oxygen atoms in total. The molecule has 1 aromatic rings. The van der Waals surface area contributed by atoms with Gasteiger partial charge in [0.25, 0.3) is 5.91 Å². The number of carbonyl (C=O) groups is 3. The molecular weight excluding hydrogens is 342 g/mol. The number of amides is 4. The third-order valence-electron chi connectivity index (χ3n) is 5.04. The molecule has 1 N–H and O–H groups in total. The highest BCUT2D eigenvalue weighted by molar-refractivity contribution is 6.09. The Hall–Kier alpha value is -2.37. The first kappa shape index (κ1) is 20.9. The van der Waals surface area contributed by atoms with E-state index in [1.54, 1.807) is 11.8 Å². The lowest BCUT2D eigenvalue weighted by atomic mass is 9.91. The average Bonchev–Trinajstić information content (AvgIpc) is 2.79. The van der Waals surface area contributed by atoms with E-state index in [0.29, 0.717) is 0 Å². The second-order valence-corrected chi connectivity index (χ2v) is 7.88. The molecule has 0 aliphatic carbocycles. The van der Waals surface area contributed by atoms with Crippen molar-refractivity contribution in [3.8, 4) is 0 Å². The van der Waals surface area contributed by atoms with Gasteiger partial charge in [-0.15, -0.1) is 0 Å². The van der Waals surface area contributed by atoms with Crippen molar-refractivity contribution in [1.82, 2.24) is 15.1 Å². The predicted octanol–water partition coefficient (Wildman–Crippen LogP) is 3.05. The molecule has 148 valence electrons. The molecule has 1 saturated heterocycles. The number of hydrogen-bond donors (Lipinski definition) is 1. The zero-order valence-corrected chi connectivity index (χ0v) is 17.2. The van der Waals surface area contributed by atoms with Crippen LogP contribution in [0.3, 0.4) is 0 Å². The topological polar surface area (TPSA) is 69.7 Å². The van der Waals surface area contributed by atoms with E-state index in [9.17, 15) is 14.4 Å². The van der Waals surface area contributed by atoms with Gasteiger partial charge in [0.15, 0.2) is 0 Å². The SMILES string of the molecule is CCCc1ccc(C2(C)NC(=O)N(CC(=O)N(C(C)C)C(C)C)C2=O)cc1. The summed E-state index contributed by atoms with van der Waals surface area (Å²) in [6.45, 7) is 11.2. The molecule has 0 radical (unpaired) electrons. The number of hydrogen-bond acceptors (Lipinski definition) is 3. The molecule has 0 aromatic heterocycles. The Kier molecular flexibility index (Phi) is 6.29. The zero-order valence-electron chi connectivity index (χ0n) is 17.2. The second-order valence-electron chi connectivity index (χ2n) is 7.88. The third-order valence-corrected chi connectivity index (χ3v) is 5.04. The Morgan fingerprint density at radius 2 is 1.67 bits per heavy atom. The van der Waals surface area contributed by atoms with Crippen LogP contribution in [-0.4, -0.2) is 46.3 Å². The molecule has 1 aliphatic rings. The van der Waals surface area contributed by atoms with Crippen LogP contribution in [0, 0.1) is 0 Å². The smallest absolute Gasteiger partial charge is 0.325 e. The van der Waals surface area contributed by atoms with E-state index in [2.05, 4.69) is 12.2 Å². The minimum atomic E-state index is -1.15. The van der Waals surface area contributed by atoms with Gasteiger partial charge in [-0.05, 0) is 52.2 Å². The van der Waals surface area contributed by atoms with Gasteiger partial charge in [0.05, 0.1) is 0 Å². The van der Waals surface area contributed by atoms with Crippen LogP contribution in [0.2, 0.25) is 0 Å². The van der Waals surface area contributed by atoms with Crippen LogP contribution in [0.4, 0.5) is 4.79 Å². The Morgan fingerprint density at radius 1 is 1.11 bits per heavy atom. The van der Waals surface area contributed by atoms with Crippen molar-refractivity contribution in [2.75, 3.05) is 6.54 Å². The molecule has 0 bridgehead atoms. The van der Waals surface area contributed by atoms with Gasteiger partial charge in [0, 0.05) is 12.1 Å². The summed E-state index contributed by atoms with van der Waals surface area (Å²) in [6.07, 6.45) is 2.02. The molecule has 1 heterocycles. The highest BCUT2D eigenvalue weighted by atomic mass is 16.2. The van der Waals surface area contributed by atoms with E-state index in [-0.39, 0.29) is 24.5 Å². The standard InChI is InChI=1S/C21H31N3O3/c1-7-8-16-9-11-17(12-10-16)21(6)19(26)23(20(27)22-21)13-18(25)24(14(2)3)15(4)5/h9-12,14-15H,7-8,13H2,1-6H3,(H,22,27). The van der Waals surface area contributed by atoms with Crippen molar-refractivity contribution in [3.63, 3.8) is 0 Å². The molecule has 1 aliphatic heterocycles. The molecule has 4 amide bonds. The van der Waals surface area contributed by atoms with E-state index < -0.39 is 17.5 Å². The number of imide groups is 1. The number of carbonyl (C=O) groups excluding carboxylic acids is 3. The van der Waals surface area contributed by atoms with E-state index in [1.807, 2.05) is 52.0 Å². The Balaban J connectivity index is 2.21. The first-order valence-corrected chi connectivity index (χ1v) is 9.66. The molecular formula is C21H31N3O3. The van der Waals surface area contributed by atoms with E-state index in [4.69, 9.17) is 0 Å². The largest absolute Gasteiger partial charge is 0.336 e. The molecule has 1 atom stereocenters. The maximum absolute atomic E-state index is 13.0. The summed E-state index contributed by atoms with van der Waals surface area (Å²) in [5.41, 5.74) is 0.765. The van der Waals surface area contributed by atoms with Crippen LogP contribution < -0.4 is 5.32 Å². The lowest BCUT2D eigenvalue weighted by Crippen LogP contribution is -2.49.